The van der Waals surface area contributed by atoms with Crippen molar-refractivity contribution >= 4 is 17.2 Å². The van der Waals surface area contributed by atoms with Crippen LogP contribution in [-0.4, -0.2) is 36.1 Å². The maximum Gasteiger partial charge on any atom is 0.223 e. The molecule has 0 bridgehead atoms. The number of ether oxygens (including phenoxy) is 1. The van der Waals surface area contributed by atoms with E-state index >= 15 is 0 Å². The second-order valence-corrected chi connectivity index (χ2v) is 5.24. The van der Waals surface area contributed by atoms with Crippen molar-refractivity contribution in [2.24, 2.45) is 5.92 Å². The number of carbonyl (C=O) groups excluding carboxylic acids is 1. The fourth-order valence-corrected chi connectivity index (χ4v) is 2.57. The average Bonchev–Trinajstić information content (AvgIpc) is 2.83. The van der Waals surface area contributed by atoms with Crippen LogP contribution in [0, 0.1) is 5.92 Å². The highest BCUT2D eigenvalue weighted by molar-refractivity contribution is 7.07. The number of thiazole rings is 1. The smallest absolute Gasteiger partial charge is 0.223 e. The van der Waals surface area contributed by atoms with E-state index < -0.39 is 0 Å². The van der Waals surface area contributed by atoms with Gasteiger partial charge in [0.25, 0.3) is 0 Å². The van der Waals surface area contributed by atoms with Crippen LogP contribution in [0.4, 0.5) is 0 Å². The van der Waals surface area contributed by atoms with Crippen LogP contribution in [0.3, 0.4) is 0 Å². The van der Waals surface area contributed by atoms with Gasteiger partial charge in [0.1, 0.15) is 0 Å². The topological polar surface area (TPSA) is 42.4 Å². The van der Waals surface area contributed by atoms with Crippen molar-refractivity contribution in [2.75, 3.05) is 20.3 Å². The van der Waals surface area contributed by atoms with Gasteiger partial charge >= 0.3 is 0 Å². The first-order valence-electron chi connectivity index (χ1n) is 5.94. The van der Waals surface area contributed by atoms with E-state index in [0.29, 0.717) is 18.9 Å². The van der Waals surface area contributed by atoms with Gasteiger partial charge in [0.05, 0.1) is 17.7 Å². The van der Waals surface area contributed by atoms with Gasteiger partial charge in [0.2, 0.25) is 5.91 Å². The maximum absolute atomic E-state index is 12.0. The van der Waals surface area contributed by atoms with Crippen LogP contribution >= 0.6 is 11.3 Å². The Morgan fingerprint density at radius 3 is 3.24 bits per heavy atom. The molecule has 2 rings (SSSR count). The van der Waals surface area contributed by atoms with Crippen LogP contribution in [0.1, 0.15) is 25.0 Å². The van der Waals surface area contributed by atoms with Crippen molar-refractivity contribution in [3.8, 4) is 0 Å². The largest absolute Gasteiger partial charge is 0.381 e. The Balaban J connectivity index is 1.78. The normalized spacial score (nSPS) is 20.2. The molecule has 5 heteroatoms. The average molecular weight is 254 g/mol. The molecule has 1 aromatic rings. The van der Waals surface area contributed by atoms with Crippen LogP contribution < -0.4 is 0 Å². The molecule has 0 aliphatic carbocycles. The van der Waals surface area contributed by atoms with E-state index in [1.54, 1.807) is 21.7 Å². The highest BCUT2D eigenvalue weighted by atomic mass is 32.1. The number of hydrogen-bond donors (Lipinski definition) is 0. The molecule has 94 valence electrons. The lowest BCUT2D eigenvalue weighted by atomic mass is 9.98. The van der Waals surface area contributed by atoms with Gasteiger partial charge in [0, 0.05) is 32.1 Å². The molecule has 0 spiro atoms. The predicted molar refractivity (Wildman–Crippen MR) is 66.7 cm³/mol. The van der Waals surface area contributed by atoms with Crippen LogP contribution in [0.2, 0.25) is 0 Å². The molecule has 0 saturated carbocycles. The molecule has 0 radical (unpaired) electrons. The van der Waals surface area contributed by atoms with E-state index in [9.17, 15) is 4.79 Å². The zero-order valence-electron chi connectivity index (χ0n) is 10.1. The zero-order chi connectivity index (χ0) is 12.1. The maximum atomic E-state index is 12.0. The molecule has 1 aliphatic heterocycles. The second-order valence-electron chi connectivity index (χ2n) is 4.52. The fraction of sp³-hybridized carbons (Fsp3) is 0.667. The zero-order valence-corrected chi connectivity index (χ0v) is 10.9. The predicted octanol–water partition coefficient (Wildman–Crippen LogP) is 1.92. The van der Waals surface area contributed by atoms with Gasteiger partial charge < -0.3 is 9.64 Å². The molecule has 1 aliphatic rings. The quantitative estimate of drug-likeness (QED) is 0.824. The van der Waals surface area contributed by atoms with Gasteiger partial charge in [-0.2, -0.15) is 0 Å². The lowest BCUT2D eigenvalue weighted by Crippen LogP contribution is -2.30. The third kappa shape index (κ3) is 3.78. The summed E-state index contributed by atoms with van der Waals surface area (Å²) in [5, 5.41) is 1.98. The number of hydrogen-bond acceptors (Lipinski definition) is 4. The standard InChI is InChI=1S/C12H18N2O2S/c1-14(6-11-8-17-9-13-11)12(15)5-10-3-2-4-16-7-10/h8-10H,2-7H2,1H3/t10-/m1/s1. The van der Waals surface area contributed by atoms with Gasteiger partial charge in [0.15, 0.2) is 0 Å². The van der Waals surface area contributed by atoms with Gasteiger partial charge in [-0.05, 0) is 18.8 Å². The van der Waals surface area contributed by atoms with Crippen LogP contribution in [0.25, 0.3) is 0 Å². The van der Waals surface area contributed by atoms with Crippen LogP contribution in [-0.2, 0) is 16.1 Å². The van der Waals surface area contributed by atoms with E-state index in [-0.39, 0.29) is 5.91 Å². The molecular weight excluding hydrogens is 236 g/mol. The van der Waals surface area contributed by atoms with Crippen molar-refractivity contribution in [1.82, 2.24) is 9.88 Å². The number of carbonyl (C=O) groups is 1. The van der Waals surface area contributed by atoms with Crippen LogP contribution in [0.5, 0.6) is 0 Å². The molecule has 4 nitrogen and oxygen atoms in total. The van der Waals surface area contributed by atoms with Gasteiger partial charge in [-0.1, -0.05) is 0 Å². The highest BCUT2D eigenvalue weighted by Crippen LogP contribution is 2.18. The van der Waals surface area contributed by atoms with Crippen molar-refractivity contribution in [1.29, 1.82) is 0 Å². The third-order valence-corrected chi connectivity index (χ3v) is 3.66. The Hall–Kier alpha value is -0.940. The Bertz CT molecular complexity index is 347. The molecule has 0 N–H and O–H groups in total. The number of amides is 1. The number of rotatable bonds is 4. The Kier molecular flexibility index (Phi) is 4.50. The van der Waals surface area contributed by atoms with Crippen molar-refractivity contribution in [3.05, 3.63) is 16.6 Å². The minimum Gasteiger partial charge on any atom is -0.381 e. The lowest BCUT2D eigenvalue weighted by molar-refractivity contribution is -0.132. The third-order valence-electron chi connectivity index (χ3n) is 3.03. The summed E-state index contributed by atoms with van der Waals surface area (Å²) in [5.41, 5.74) is 2.76. The summed E-state index contributed by atoms with van der Waals surface area (Å²) in [6.07, 6.45) is 2.78. The first kappa shape index (κ1) is 12.5. The monoisotopic (exact) mass is 254 g/mol. The molecule has 1 atom stereocenters. The minimum absolute atomic E-state index is 0.188. The summed E-state index contributed by atoms with van der Waals surface area (Å²) in [4.78, 5) is 17.9. The van der Waals surface area contributed by atoms with Crippen LogP contribution in [0.15, 0.2) is 10.9 Å². The lowest BCUT2D eigenvalue weighted by Gasteiger charge is -2.24. The fourth-order valence-electron chi connectivity index (χ4n) is 2.02. The first-order valence-corrected chi connectivity index (χ1v) is 6.89. The minimum atomic E-state index is 0.188. The molecule has 1 saturated heterocycles. The molecule has 0 unspecified atom stereocenters. The van der Waals surface area contributed by atoms with Crippen molar-refractivity contribution in [3.63, 3.8) is 0 Å². The summed E-state index contributed by atoms with van der Waals surface area (Å²) in [6.45, 7) is 2.19. The molecule has 0 aromatic carbocycles. The van der Waals surface area contributed by atoms with Gasteiger partial charge in [-0.25, -0.2) is 4.98 Å². The molecule has 1 fully saturated rings. The van der Waals surface area contributed by atoms with Crippen molar-refractivity contribution < 1.29 is 9.53 Å². The van der Waals surface area contributed by atoms with E-state index in [0.717, 1.165) is 31.7 Å². The number of nitrogens with zero attached hydrogens (tertiary/aromatic N) is 2. The number of aromatic nitrogens is 1. The molecular formula is C12H18N2O2S. The second kappa shape index (κ2) is 6.12. The molecule has 1 aromatic heterocycles. The Labute approximate surface area is 106 Å². The van der Waals surface area contributed by atoms with E-state index in [1.807, 2.05) is 12.4 Å². The highest BCUT2D eigenvalue weighted by Gasteiger charge is 2.19. The van der Waals surface area contributed by atoms with E-state index in [1.165, 1.54) is 0 Å². The molecule has 1 amide bonds. The Morgan fingerprint density at radius 1 is 1.71 bits per heavy atom. The summed E-state index contributed by atoms with van der Waals surface area (Å²) in [5.74, 6) is 0.586. The molecule has 17 heavy (non-hydrogen) atoms. The SMILES string of the molecule is CN(Cc1cscn1)C(=O)C[C@H]1CCCOC1. The first-order chi connectivity index (χ1) is 8.25. The van der Waals surface area contributed by atoms with E-state index in [4.69, 9.17) is 4.74 Å². The molecule has 2 heterocycles. The Morgan fingerprint density at radius 2 is 2.59 bits per heavy atom. The van der Waals surface area contributed by atoms with Gasteiger partial charge in [-0.15, -0.1) is 11.3 Å². The summed E-state index contributed by atoms with van der Waals surface area (Å²) in [7, 11) is 1.84. The van der Waals surface area contributed by atoms with E-state index in [2.05, 4.69) is 4.98 Å². The summed E-state index contributed by atoms with van der Waals surface area (Å²) < 4.78 is 5.39. The van der Waals surface area contributed by atoms with Crippen molar-refractivity contribution in [2.45, 2.75) is 25.8 Å². The summed E-state index contributed by atoms with van der Waals surface area (Å²) in [6, 6.07) is 0. The summed E-state index contributed by atoms with van der Waals surface area (Å²) >= 11 is 1.56. The van der Waals surface area contributed by atoms with Gasteiger partial charge in [-0.3, -0.25) is 4.79 Å².